The minimum Gasteiger partial charge on any atom is -0.493 e. The minimum absolute atomic E-state index is 0.288. The molecule has 1 N–H and O–H groups in total. The molecule has 1 unspecified atom stereocenters. The van der Waals surface area contributed by atoms with Gasteiger partial charge in [0.25, 0.3) is 6.29 Å². The van der Waals surface area contributed by atoms with Gasteiger partial charge in [-0.2, -0.15) is 0 Å². The molecule has 3 aromatic rings. The second-order valence-corrected chi connectivity index (χ2v) is 7.62. The van der Waals surface area contributed by atoms with Crippen molar-refractivity contribution >= 4 is 22.8 Å². The van der Waals surface area contributed by atoms with Crippen molar-refractivity contribution in [2.24, 2.45) is 5.92 Å². The van der Waals surface area contributed by atoms with E-state index in [9.17, 15) is 4.79 Å². The van der Waals surface area contributed by atoms with Crippen LogP contribution in [-0.2, 0) is 14.2 Å². The van der Waals surface area contributed by atoms with Crippen LogP contribution in [0.2, 0.25) is 0 Å². The number of fused-ring (bicyclic) bond motifs is 1. The fourth-order valence-electron chi connectivity index (χ4n) is 3.67. The lowest BCUT2D eigenvalue weighted by Crippen LogP contribution is -2.19. The zero-order chi connectivity index (χ0) is 21.2. The Labute approximate surface area is 179 Å². The van der Waals surface area contributed by atoms with Gasteiger partial charge in [0.1, 0.15) is 35.1 Å². The van der Waals surface area contributed by atoms with Crippen LogP contribution in [0.1, 0.15) is 54.1 Å². The van der Waals surface area contributed by atoms with Gasteiger partial charge in [-0.25, -0.2) is 14.8 Å². The van der Waals surface area contributed by atoms with Crippen LogP contribution in [0.25, 0.3) is 16.8 Å². The Bertz CT molecular complexity index is 1140. The Morgan fingerprint density at radius 1 is 1.29 bits per heavy atom. The summed E-state index contributed by atoms with van der Waals surface area (Å²) in [5.41, 5.74) is 2.77. The molecule has 0 saturated heterocycles. The largest absolute Gasteiger partial charge is 0.493 e. The predicted octanol–water partition coefficient (Wildman–Crippen LogP) is 4.36. The lowest BCUT2D eigenvalue weighted by atomic mass is 9.86. The van der Waals surface area contributed by atoms with Gasteiger partial charge >= 0.3 is 5.97 Å². The van der Waals surface area contributed by atoms with Crippen molar-refractivity contribution in [2.75, 3.05) is 13.2 Å². The predicted molar refractivity (Wildman–Crippen MR) is 112 cm³/mol. The van der Waals surface area contributed by atoms with E-state index in [0.717, 1.165) is 17.9 Å². The van der Waals surface area contributed by atoms with E-state index < -0.39 is 12.3 Å². The Hall–Kier alpha value is -3.55. The molecular weight excluding hydrogens is 398 g/mol. The summed E-state index contributed by atoms with van der Waals surface area (Å²) in [4.78, 5) is 23.8. The van der Waals surface area contributed by atoms with Gasteiger partial charge in [-0.05, 0) is 37.8 Å². The summed E-state index contributed by atoms with van der Waals surface area (Å²) in [6, 6.07) is 7.73. The van der Waals surface area contributed by atoms with E-state index in [2.05, 4.69) is 15.0 Å². The monoisotopic (exact) mass is 421 g/mol. The van der Waals surface area contributed by atoms with Gasteiger partial charge in [-0.1, -0.05) is 18.6 Å². The number of benzene rings is 1. The number of ether oxygens (including phenoxy) is 4. The summed E-state index contributed by atoms with van der Waals surface area (Å²) >= 11 is 0. The van der Waals surface area contributed by atoms with Crippen LogP contribution in [0.15, 0.2) is 43.1 Å². The smallest absolute Gasteiger partial charge is 0.341 e. The van der Waals surface area contributed by atoms with E-state index in [-0.39, 0.29) is 6.61 Å². The molecule has 0 bridgehead atoms. The molecule has 2 aromatic heterocycles. The quantitative estimate of drug-likeness (QED) is 0.566. The van der Waals surface area contributed by atoms with Gasteiger partial charge in [-0.15, -0.1) is 0 Å². The summed E-state index contributed by atoms with van der Waals surface area (Å²) in [7, 11) is 0. The highest BCUT2D eigenvalue weighted by molar-refractivity contribution is 6.04. The first kappa shape index (κ1) is 19.4. The lowest BCUT2D eigenvalue weighted by molar-refractivity contribution is -0.0174. The van der Waals surface area contributed by atoms with E-state index in [4.69, 9.17) is 18.9 Å². The third-order valence-corrected chi connectivity index (χ3v) is 5.57. The Kier molecular flexibility index (Phi) is 5.19. The fraction of sp³-hybridized carbons (Fsp3) is 0.348. The van der Waals surface area contributed by atoms with Crippen molar-refractivity contribution in [3.8, 4) is 5.75 Å². The van der Waals surface area contributed by atoms with Crippen LogP contribution in [0.4, 0.5) is 0 Å². The zero-order valence-electron chi connectivity index (χ0n) is 17.2. The number of carbonyl (C=O) groups excluding carboxylic acids is 1. The molecule has 2 aliphatic rings. The number of H-pyrrole nitrogens is 1. The summed E-state index contributed by atoms with van der Waals surface area (Å²) in [5.74, 6) is 1.48. The maximum Gasteiger partial charge on any atom is 0.341 e. The molecule has 0 radical (unpaired) electrons. The summed E-state index contributed by atoms with van der Waals surface area (Å²) < 4.78 is 22.8. The van der Waals surface area contributed by atoms with Gasteiger partial charge in [0.15, 0.2) is 5.76 Å². The first-order chi connectivity index (χ1) is 15.2. The molecular formula is C23H23N3O5. The fourth-order valence-corrected chi connectivity index (χ4v) is 3.67. The van der Waals surface area contributed by atoms with E-state index in [1.54, 1.807) is 13.1 Å². The summed E-state index contributed by atoms with van der Waals surface area (Å²) in [5, 5.41) is 0. The summed E-state index contributed by atoms with van der Waals surface area (Å²) in [6.07, 6.45) is 7.66. The number of esters is 1. The maximum atomic E-state index is 12.2. The molecule has 8 heteroatoms. The molecule has 31 heavy (non-hydrogen) atoms. The average molecular weight is 421 g/mol. The lowest BCUT2D eigenvalue weighted by Gasteiger charge is -2.25. The van der Waals surface area contributed by atoms with E-state index >= 15 is 0 Å². The molecule has 1 aliphatic carbocycles. The number of hydrogen-bond acceptors (Lipinski definition) is 7. The van der Waals surface area contributed by atoms with Crippen LogP contribution in [0.3, 0.4) is 0 Å². The van der Waals surface area contributed by atoms with Gasteiger partial charge < -0.3 is 23.9 Å². The molecule has 1 atom stereocenters. The van der Waals surface area contributed by atoms with Crippen molar-refractivity contribution in [3.63, 3.8) is 0 Å². The van der Waals surface area contributed by atoms with Crippen molar-refractivity contribution < 1.29 is 23.7 Å². The van der Waals surface area contributed by atoms with Crippen LogP contribution in [-0.4, -0.2) is 34.1 Å². The zero-order valence-corrected chi connectivity index (χ0v) is 17.2. The van der Waals surface area contributed by atoms with Crippen molar-refractivity contribution in [3.05, 3.63) is 59.9 Å². The van der Waals surface area contributed by atoms with Gasteiger partial charge in [0, 0.05) is 11.8 Å². The van der Waals surface area contributed by atoms with Crippen molar-refractivity contribution in [1.29, 1.82) is 0 Å². The van der Waals surface area contributed by atoms with Gasteiger partial charge in [0.05, 0.1) is 18.7 Å². The highest BCUT2D eigenvalue weighted by atomic mass is 16.7. The molecule has 1 aromatic carbocycles. The second kappa shape index (κ2) is 8.29. The maximum absolute atomic E-state index is 12.2. The van der Waals surface area contributed by atoms with Crippen LogP contribution in [0, 0.1) is 5.92 Å². The normalized spacial score (nSPS) is 18.1. The van der Waals surface area contributed by atoms with Gasteiger partial charge in [-0.3, -0.25) is 0 Å². The SMILES string of the molecule is CCOC(=O)c1c[nH]c2c(C3=COC(c4cccc(OCC5CCC5)c4)O3)ncnc12. The highest BCUT2D eigenvalue weighted by Crippen LogP contribution is 2.36. The third-order valence-electron chi connectivity index (χ3n) is 5.57. The molecule has 1 aliphatic heterocycles. The number of hydrogen-bond donors (Lipinski definition) is 1. The first-order valence-corrected chi connectivity index (χ1v) is 10.5. The average Bonchev–Trinajstić information content (AvgIpc) is 3.40. The molecule has 8 nitrogen and oxygen atoms in total. The Morgan fingerprint density at radius 2 is 2.19 bits per heavy atom. The van der Waals surface area contributed by atoms with Crippen LogP contribution in [0.5, 0.6) is 5.75 Å². The van der Waals surface area contributed by atoms with Crippen molar-refractivity contribution in [1.82, 2.24) is 15.0 Å². The Morgan fingerprint density at radius 3 is 3.00 bits per heavy atom. The standard InChI is InChI=1S/C23H23N3O5/c1-2-28-22(27)17-10-24-21-19(17)25-13-26-20(21)18-12-30-23(31-18)15-7-4-8-16(9-15)29-11-14-5-3-6-14/h4,7-10,12-14,23-24H,2-3,5-6,11H2,1H3. The number of aromatic amines is 1. The number of carbonyl (C=O) groups is 1. The summed E-state index contributed by atoms with van der Waals surface area (Å²) in [6.45, 7) is 2.79. The molecule has 1 saturated carbocycles. The number of rotatable bonds is 7. The minimum atomic E-state index is -0.605. The van der Waals surface area contributed by atoms with E-state index in [0.29, 0.717) is 34.0 Å². The van der Waals surface area contributed by atoms with E-state index in [1.165, 1.54) is 31.9 Å². The molecule has 0 spiro atoms. The second-order valence-electron chi connectivity index (χ2n) is 7.62. The highest BCUT2D eigenvalue weighted by Gasteiger charge is 2.27. The van der Waals surface area contributed by atoms with Crippen LogP contribution < -0.4 is 4.74 Å². The Balaban J connectivity index is 1.32. The molecule has 1 fully saturated rings. The van der Waals surface area contributed by atoms with Gasteiger partial charge in [0.2, 0.25) is 0 Å². The first-order valence-electron chi connectivity index (χ1n) is 10.5. The van der Waals surface area contributed by atoms with Crippen molar-refractivity contribution in [2.45, 2.75) is 32.5 Å². The molecule has 3 heterocycles. The number of nitrogens with one attached hydrogen (secondary N) is 1. The topological polar surface area (TPSA) is 95.6 Å². The van der Waals surface area contributed by atoms with Crippen LogP contribution >= 0.6 is 0 Å². The van der Waals surface area contributed by atoms with E-state index in [1.807, 2.05) is 24.3 Å². The molecule has 160 valence electrons. The molecule has 0 amide bonds. The molecule has 5 rings (SSSR count). The number of nitrogens with zero attached hydrogens (tertiary/aromatic N) is 2. The third kappa shape index (κ3) is 3.81. The number of aromatic nitrogens is 3.